The number of hydrogen-bond donors (Lipinski definition) is 4. The molecule has 1 aliphatic rings. The number of allylic oxidation sites excluding steroid dienone is 2. The Labute approximate surface area is 90.3 Å². The molecule has 7 N–H and O–H groups in total. The van der Waals surface area contributed by atoms with Crippen molar-refractivity contribution in [2.45, 2.75) is 12.8 Å². The van der Waals surface area contributed by atoms with Crippen LogP contribution >= 0.6 is 0 Å². The van der Waals surface area contributed by atoms with E-state index in [1.807, 2.05) is 0 Å². The summed E-state index contributed by atoms with van der Waals surface area (Å²) in [6.07, 6.45) is 3.82. The molecule has 0 saturated carbocycles. The highest BCUT2D eigenvalue weighted by molar-refractivity contribution is 5.21. The van der Waals surface area contributed by atoms with E-state index in [1.54, 1.807) is 6.08 Å². The summed E-state index contributed by atoms with van der Waals surface area (Å²) in [6.45, 7) is 2.01. The molecular weight excluding hydrogens is 192 g/mol. The summed E-state index contributed by atoms with van der Waals surface area (Å²) in [4.78, 5) is 0. The number of rotatable bonds is 3. The third-order valence-electron chi connectivity index (χ3n) is 2.61. The van der Waals surface area contributed by atoms with Crippen molar-refractivity contribution in [1.82, 2.24) is 5.32 Å². The molecule has 5 nitrogen and oxygen atoms in total. The summed E-state index contributed by atoms with van der Waals surface area (Å²) in [5.41, 5.74) is 17.7. The van der Waals surface area contributed by atoms with Crippen LogP contribution in [0.25, 0.3) is 0 Å². The molecule has 0 amide bonds. The topological polar surface area (TPSA) is 99.3 Å². The molecule has 5 heteroatoms. The molecule has 0 atom stereocenters. The van der Waals surface area contributed by atoms with Crippen LogP contribution in [0.15, 0.2) is 23.4 Å². The van der Waals surface area contributed by atoms with Crippen LogP contribution in [0.4, 0.5) is 0 Å². The molecule has 0 spiro atoms. The molecule has 1 saturated heterocycles. The lowest BCUT2D eigenvalue weighted by molar-refractivity contribution is 0.299. The van der Waals surface area contributed by atoms with Gasteiger partial charge in [0, 0.05) is 17.7 Å². The van der Waals surface area contributed by atoms with E-state index in [9.17, 15) is 0 Å². The van der Waals surface area contributed by atoms with Gasteiger partial charge in [0.05, 0.1) is 7.11 Å². The van der Waals surface area contributed by atoms with Gasteiger partial charge in [0.25, 0.3) is 0 Å². The zero-order chi connectivity index (χ0) is 11.3. The van der Waals surface area contributed by atoms with Crippen LogP contribution in [0.3, 0.4) is 0 Å². The second kappa shape index (κ2) is 5.50. The fourth-order valence-corrected chi connectivity index (χ4v) is 1.68. The summed E-state index contributed by atoms with van der Waals surface area (Å²) in [5, 5.41) is 3.28. The summed E-state index contributed by atoms with van der Waals surface area (Å²) in [6, 6.07) is 0. The predicted octanol–water partition coefficient (Wildman–Crippen LogP) is -0.438. The van der Waals surface area contributed by atoms with Gasteiger partial charge in [-0.25, -0.2) is 0 Å². The largest absolute Gasteiger partial charge is 0.493 e. The number of nitrogens with one attached hydrogen (secondary N) is 1. The number of ether oxygens (including phenoxy) is 1. The molecule has 86 valence electrons. The SMILES string of the molecule is COC(/C=C(\N)C1CCNCC1)=C(N)N. The molecular formula is C10H20N4O. The smallest absolute Gasteiger partial charge is 0.160 e. The molecule has 0 aromatic heterocycles. The fourth-order valence-electron chi connectivity index (χ4n) is 1.68. The first-order chi connectivity index (χ1) is 7.15. The Bertz CT molecular complexity index is 263. The third-order valence-corrected chi connectivity index (χ3v) is 2.61. The van der Waals surface area contributed by atoms with Crippen molar-refractivity contribution < 1.29 is 4.74 Å². The standard InChI is InChI=1S/C10H20N4O/c1-15-9(10(12)13)6-8(11)7-2-4-14-5-3-7/h6-7,14H,2-5,11-13H2,1H3/b8-6-. The molecule has 15 heavy (non-hydrogen) atoms. The molecule has 0 radical (unpaired) electrons. The maximum atomic E-state index is 5.97. The van der Waals surface area contributed by atoms with Crippen molar-refractivity contribution in [3.8, 4) is 0 Å². The zero-order valence-corrected chi connectivity index (χ0v) is 9.12. The fraction of sp³-hybridized carbons (Fsp3) is 0.600. The zero-order valence-electron chi connectivity index (χ0n) is 9.12. The summed E-state index contributed by atoms with van der Waals surface area (Å²) in [5.74, 6) is 1.01. The second-order valence-corrected chi connectivity index (χ2v) is 3.69. The number of hydrogen-bond acceptors (Lipinski definition) is 5. The maximum Gasteiger partial charge on any atom is 0.160 e. The van der Waals surface area contributed by atoms with Crippen molar-refractivity contribution in [3.63, 3.8) is 0 Å². The summed E-state index contributed by atoms with van der Waals surface area (Å²) < 4.78 is 5.03. The van der Waals surface area contributed by atoms with E-state index < -0.39 is 0 Å². The minimum atomic E-state index is 0.161. The lowest BCUT2D eigenvalue weighted by Crippen LogP contribution is -2.30. The molecule has 1 heterocycles. The molecule has 1 aliphatic heterocycles. The summed E-state index contributed by atoms with van der Waals surface area (Å²) >= 11 is 0. The molecule has 0 aromatic rings. The molecule has 0 bridgehead atoms. The second-order valence-electron chi connectivity index (χ2n) is 3.69. The lowest BCUT2D eigenvalue weighted by atomic mass is 9.94. The van der Waals surface area contributed by atoms with Crippen LogP contribution in [0.2, 0.25) is 0 Å². The Morgan fingerprint density at radius 1 is 1.27 bits per heavy atom. The van der Waals surface area contributed by atoms with Gasteiger partial charge in [0.2, 0.25) is 0 Å². The first kappa shape index (κ1) is 11.7. The molecule has 0 unspecified atom stereocenters. The highest BCUT2D eigenvalue weighted by Gasteiger charge is 2.15. The normalized spacial score (nSPS) is 18.6. The average molecular weight is 212 g/mol. The van der Waals surface area contributed by atoms with Crippen LogP contribution in [-0.4, -0.2) is 20.2 Å². The Morgan fingerprint density at radius 2 is 1.87 bits per heavy atom. The van der Waals surface area contributed by atoms with E-state index in [4.69, 9.17) is 21.9 Å². The van der Waals surface area contributed by atoms with E-state index in [0.717, 1.165) is 31.6 Å². The van der Waals surface area contributed by atoms with Crippen LogP contribution < -0.4 is 22.5 Å². The Hall–Kier alpha value is -1.36. The van der Waals surface area contributed by atoms with Crippen LogP contribution in [0, 0.1) is 5.92 Å². The number of nitrogens with two attached hydrogens (primary N) is 3. The van der Waals surface area contributed by atoms with Crippen LogP contribution in [0.5, 0.6) is 0 Å². The van der Waals surface area contributed by atoms with E-state index >= 15 is 0 Å². The maximum absolute atomic E-state index is 5.97. The first-order valence-corrected chi connectivity index (χ1v) is 5.12. The van der Waals surface area contributed by atoms with Gasteiger partial charge in [-0.15, -0.1) is 0 Å². The minimum Gasteiger partial charge on any atom is -0.493 e. The third kappa shape index (κ3) is 3.36. The van der Waals surface area contributed by atoms with Gasteiger partial charge < -0.3 is 27.3 Å². The molecule has 1 fully saturated rings. The predicted molar refractivity (Wildman–Crippen MR) is 60.3 cm³/mol. The van der Waals surface area contributed by atoms with Gasteiger partial charge in [0.1, 0.15) is 5.82 Å². The van der Waals surface area contributed by atoms with Crippen molar-refractivity contribution >= 4 is 0 Å². The number of methoxy groups -OCH3 is 1. The number of piperidine rings is 1. The van der Waals surface area contributed by atoms with Gasteiger partial charge >= 0.3 is 0 Å². The van der Waals surface area contributed by atoms with Gasteiger partial charge in [-0.3, -0.25) is 0 Å². The van der Waals surface area contributed by atoms with Crippen molar-refractivity contribution in [1.29, 1.82) is 0 Å². The highest BCUT2D eigenvalue weighted by atomic mass is 16.5. The van der Waals surface area contributed by atoms with Gasteiger partial charge in [-0.05, 0) is 25.9 Å². The molecule has 0 aliphatic carbocycles. The first-order valence-electron chi connectivity index (χ1n) is 5.12. The minimum absolute atomic E-state index is 0.161. The monoisotopic (exact) mass is 212 g/mol. The van der Waals surface area contributed by atoms with Crippen molar-refractivity contribution in [3.05, 3.63) is 23.4 Å². The van der Waals surface area contributed by atoms with Crippen LogP contribution in [0.1, 0.15) is 12.8 Å². The van der Waals surface area contributed by atoms with Crippen LogP contribution in [-0.2, 0) is 4.74 Å². The van der Waals surface area contributed by atoms with E-state index in [0.29, 0.717) is 11.7 Å². The molecule has 1 rings (SSSR count). The van der Waals surface area contributed by atoms with E-state index in [-0.39, 0.29) is 5.82 Å². The lowest BCUT2D eigenvalue weighted by Gasteiger charge is -2.23. The van der Waals surface area contributed by atoms with Crippen molar-refractivity contribution in [2.75, 3.05) is 20.2 Å². The Balaban J connectivity index is 2.68. The Kier molecular flexibility index (Phi) is 4.30. The summed E-state index contributed by atoms with van der Waals surface area (Å²) in [7, 11) is 1.53. The quantitative estimate of drug-likeness (QED) is 0.375. The van der Waals surface area contributed by atoms with Gasteiger partial charge in [0.15, 0.2) is 5.76 Å². The molecule has 0 aromatic carbocycles. The van der Waals surface area contributed by atoms with E-state index in [2.05, 4.69) is 5.32 Å². The van der Waals surface area contributed by atoms with Gasteiger partial charge in [-0.2, -0.15) is 0 Å². The van der Waals surface area contributed by atoms with Crippen molar-refractivity contribution in [2.24, 2.45) is 23.1 Å². The van der Waals surface area contributed by atoms with Gasteiger partial charge in [-0.1, -0.05) is 0 Å². The Morgan fingerprint density at radius 3 is 2.33 bits per heavy atom. The highest BCUT2D eigenvalue weighted by Crippen LogP contribution is 2.18. The average Bonchev–Trinajstić information content (AvgIpc) is 2.26. The van der Waals surface area contributed by atoms with E-state index in [1.165, 1.54) is 7.11 Å².